The van der Waals surface area contributed by atoms with E-state index in [-0.39, 0.29) is 11.9 Å². The summed E-state index contributed by atoms with van der Waals surface area (Å²) in [6.45, 7) is 14.0. The van der Waals surface area contributed by atoms with E-state index in [2.05, 4.69) is 30.6 Å². The van der Waals surface area contributed by atoms with Crippen LogP contribution in [0.15, 0.2) is 30.3 Å². The first-order valence-electron chi connectivity index (χ1n) is 11.1. The first-order valence-corrected chi connectivity index (χ1v) is 11.1. The van der Waals surface area contributed by atoms with Gasteiger partial charge in [-0.15, -0.1) is 0 Å². The highest BCUT2D eigenvalue weighted by Gasteiger charge is 2.25. The molecule has 1 amide bonds. The van der Waals surface area contributed by atoms with Crippen LogP contribution >= 0.6 is 0 Å². The molecule has 1 atom stereocenters. The van der Waals surface area contributed by atoms with Crippen molar-refractivity contribution >= 4 is 35.5 Å². The molecule has 12 nitrogen and oxygen atoms in total. The minimum atomic E-state index is -1.82. The Morgan fingerprint density at radius 3 is 1.57 bits per heavy atom. The second kappa shape index (κ2) is 16.2. The van der Waals surface area contributed by atoms with Crippen LogP contribution in [0.2, 0.25) is 0 Å². The number of carboxylic acid groups (broad SMARTS) is 4. The number of piperazine rings is 1. The molecular formula is C23H35N3O9. The number of rotatable bonds is 6. The predicted molar refractivity (Wildman–Crippen MR) is 127 cm³/mol. The number of aliphatic carboxylic acids is 4. The molecule has 0 aliphatic carbocycles. The Morgan fingerprint density at radius 2 is 1.23 bits per heavy atom. The number of amides is 1. The molecule has 0 radical (unpaired) electrons. The molecule has 1 aromatic carbocycles. The van der Waals surface area contributed by atoms with Gasteiger partial charge in [0.25, 0.3) is 0 Å². The molecule has 2 rings (SSSR count). The van der Waals surface area contributed by atoms with Gasteiger partial charge in [-0.05, 0) is 32.9 Å². The number of carbonyl (C=O) groups excluding carboxylic acids is 1. The van der Waals surface area contributed by atoms with Crippen LogP contribution in [-0.4, -0.2) is 105 Å². The SMILES string of the molecule is CCC(=O)N(c1ccccc1)C(C)CN1CCN(C(C)C)CC1.O=C(O)C(=O)O.O=C(O)C(=O)O. The highest BCUT2D eigenvalue weighted by molar-refractivity contribution is 6.27. The maximum Gasteiger partial charge on any atom is 0.414 e. The zero-order valence-corrected chi connectivity index (χ0v) is 20.5. The van der Waals surface area contributed by atoms with Crippen molar-refractivity contribution in [2.24, 2.45) is 0 Å². The Kier molecular flexibility index (Phi) is 14.6. The highest BCUT2D eigenvalue weighted by Crippen LogP contribution is 2.19. The van der Waals surface area contributed by atoms with E-state index in [1.165, 1.54) is 0 Å². The summed E-state index contributed by atoms with van der Waals surface area (Å²) in [7, 11) is 0. The lowest BCUT2D eigenvalue weighted by Crippen LogP contribution is -2.53. The summed E-state index contributed by atoms with van der Waals surface area (Å²) in [5.74, 6) is -7.10. The fourth-order valence-corrected chi connectivity index (χ4v) is 3.32. The van der Waals surface area contributed by atoms with Gasteiger partial charge in [0.05, 0.1) is 0 Å². The zero-order chi connectivity index (χ0) is 27.1. The molecule has 1 saturated heterocycles. The molecule has 0 spiro atoms. The minimum Gasteiger partial charge on any atom is -0.473 e. The third kappa shape index (κ3) is 12.5. The van der Waals surface area contributed by atoms with E-state index in [1.54, 1.807) is 0 Å². The molecule has 1 aromatic rings. The third-order valence-electron chi connectivity index (χ3n) is 5.07. The van der Waals surface area contributed by atoms with Crippen LogP contribution in [0.25, 0.3) is 0 Å². The van der Waals surface area contributed by atoms with Gasteiger partial charge >= 0.3 is 23.9 Å². The number of hydrogen-bond acceptors (Lipinski definition) is 7. The molecule has 196 valence electrons. The van der Waals surface area contributed by atoms with Crippen molar-refractivity contribution < 1.29 is 44.4 Å². The number of para-hydroxylation sites is 1. The second-order valence-corrected chi connectivity index (χ2v) is 7.95. The molecular weight excluding hydrogens is 462 g/mol. The predicted octanol–water partition coefficient (Wildman–Crippen LogP) is 1.16. The summed E-state index contributed by atoms with van der Waals surface area (Å²) in [4.78, 5) is 55.8. The molecule has 1 aliphatic rings. The van der Waals surface area contributed by atoms with E-state index in [1.807, 2.05) is 42.2 Å². The largest absolute Gasteiger partial charge is 0.473 e. The number of carbonyl (C=O) groups is 5. The molecule has 0 bridgehead atoms. The van der Waals surface area contributed by atoms with Crippen molar-refractivity contribution in [3.63, 3.8) is 0 Å². The van der Waals surface area contributed by atoms with Gasteiger partial charge in [-0.1, -0.05) is 25.1 Å². The fraction of sp³-hybridized carbons (Fsp3) is 0.522. The number of anilines is 1. The third-order valence-corrected chi connectivity index (χ3v) is 5.07. The Hall–Kier alpha value is -3.51. The maximum atomic E-state index is 12.4. The molecule has 1 unspecified atom stereocenters. The van der Waals surface area contributed by atoms with E-state index in [9.17, 15) is 4.79 Å². The molecule has 1 aliphatic heterocycles. The first kappa shape index (κ1) is 31.5. The molecule has 1 fully saturated rings. The molecule has 0 aromatic heterocycles. The van der Waals surface area contributed by atoms with Crippen LogP contribution in [-0.2, 0) is 24.0 Å². The van der Waals surface area contributed by atoms with Gasteiger partial charge in [-0.3, -0.25) is 14.6 Å². The van der Waals surface area contributed by atoms with E-state index >= 15 is 0 Å². The van der Waals surface area contributed by atoms with Crippen LogP contribution < -0.4 is 4.90 Å². The topological polar surface area (TPSA) is 176 Å². The monoisotopic (exact) mass is 497 g/mol. The van der Waals surface area contributed by atoms with Crippen molar-refractivity contribution in [3.05, 3.63) is 30.3 Å². The summed E-state index contributed by atoms with van der Waals surface area (Å²) < 4.78 is 0. The molecule has 0 saturated carbocycles. The Labute approximate surface area is 204 Å². The van der Waals surface area contributed by atoms with Gasteiger partial charge in [0, 0.05) is 56.9 Å². The van der Waals surface area contributed by atoms with Gasteiger partial charge in [0.15, 0.2) is 0 Å². The zero-order valence-electron chi connectivity index (χ0n) is 20.5. The van der Waals surface area contributed by atoms with Crippen molar-refractivity contribution in [2.45, 2.75) is 46.2 Å². The summed E-state index contributed by atoms with van der Waals surface area (Å²) in [5, 5.41) is 29.6. The van der Waals surface area contributed by atoms with Gasteiger partial charge in [0.1, 0.15) is 0 Å². The smallest absolute Gasteiger partial charge is 0.414 e. The van der Waals surface area contributed by atoms with E-state index < -0.39 is 23.9 Å². The average Bonchev–Trinajstić information content (AvgIpc) is 2.80. The van der Waals surface area contributed by atoms with Crippen molar-refractivity contribution in [1.82, 2.24) is 9.80 Å². The van der Waals surface area contributed by atoms with Crippen LogP contribution in [0.4, 0.5) is 5.69 Å². The molecule has 1 heterocycles. The van der Waals surface area contributed by atoms with E-state index in [4.69, 9.17) is 39.6 Å². The summed E-state index contributed by atoms with van der Waals surface area (Å²) in [6, 6.07) is 10.9. The number of hydrogen-bond donors (Lipinski definition) is 4. The van der Waals surface area contributed by atoms with Crippen molar-refractivity contribution in [1.29, 1.82) is 0 Å². The lowest BCUT2D eigenvalue weighted by atomic mass is 10.1. The summed E-state index contributed by atoms with van der Waals surface area (Å²) >= 11 is 0. The fourth-order valence-electron chi connectivity index (χ4n) is 3.32. The Morgan fingerprint density at radius 1 is 0.800 bits per heavy atom. The second-order valence-electron chi connectivity index (χ2n) is 7.95. The first-order chi connectivity index (χ1) is 16.3. The Bertz CT molecular complexity index is 790. The van der Waals surface area contributed by atoms with Crippen molar-refractivity contribution in [3.8, 4) is 0 Å². The van der Waals surface area contributed by atoms with Crippen LogP contribution in [0.5, 0.6) is 0 Å². The van der Waals surface area contributed by atoms with Crippen LogP contribution in [0, 0.1) is 0 Å². The number of carboxylic acids is 4. The minimum absolute atomic E-state index is 0.190. The lowest BCUT2D eigenvalue weighted by molar-refractivity contribution is -0.159. The van der Waals surface area contributed by atoms with Crippen molar-refractivity contribution in [2.75, 3.05) is 37.6 Å². The summed E-state index contributed by atoms with van der Waals surface area (Å²) in [5.41, 5.74) is 1.01. The van der Waals surface area contributed by atoms with E-state index in [0.717, 1.165) is 38.4 Å². The maximum absolute atomic E-state index is 12.4. The summed E-state index contributed by atoms with van der Waals surface area (Å²) in [6.07, 6.45) is 0.542. The van der Waals surface area contributed by atoms with Gasteiger partial charge in [-0.2, -0.15) is 0 Å². The van der Waals surface area contributed by atoms with Crippen LogP contribution in [0.1, 0.15) is 34.1 Å². The highest BCUT2D eigenvalue weighted by atomic mass is 16.4. The van der Waals surface area contributed by atoms with Crippen LogP contribution in [0.3, 0.4) is 0 Å². The number of nitrogens with zero attached hydrogens (tertiary/aromatic N) is 3. The standard InChI is InChI=1S/C19H31N3O.2C2H2O4/c1-5-19(23)22(18-9-7-6-8-10-18)17(4)15-20-11-13-21(14-12-20)16(2)3;2*3-1(4)2(5)6/h6-10,16-17H,5,11-15H2,1-4H3;2*(H,3,4)(H,5,6). The quantitative estimate of drug-likeness (QED) is 0.415. The van der Waals surface area contributed by atoms with Gasteiger partial charge in [0.2, 0.25) is 5.91 Å². The van der Waals surface area contributed by atoms with E-state index in [0.29, 0.717) is 12.5 Å². The number of benzene rings is 1. The van der Waals surface area contributed by atoms with Gasteiger partial charge in [-0.25, -0.2) is 19.2 Å². The molecule has 35 heavy (non-hydrogen) atoms. The average molecular weight is 498 g/mol. The molecule has 4 N–H and O–H groups in total. The Balaban J connectivity index is 0.000000797. The lowest BCUT2D eigenvalue weighted by Gasteiger charge is -2.39. The van der Waals surface area contributed by atoms with Gasteiger partial charge < -0.3 is 25.3 Å². The normalized spacial score (nSPS) is 14.4. The molecule has 12 heteroatoms.